The lowest BCUT2D eigenvalue weighted by Crippen LogP contribution is -2.57. The van der Waals surface area contributed by atoms with Crippen LogP contribution in [0.5, 0.6) is 0 Å². The summed E-state index contributed by atoms with van der Waals surface area (Å²) in [4.78, 5) is 7.03. The van der Waals surface area contributed by atoms with Gasteiger partial charge in [0.15, 0.2) is 17.2 Å². The first kappa shape index (κ1) is 18.9. The van der Waals surface area contributed by atoms with Crippen LogP contribution in [0.2, 0.25) is 0 Å². The second-order valence-electron chi connectivity index (χ2n) is 7.37. The molecule has 0 aliphatic heterocycles. The number of hydrogen-bond donors (Lipinski definition) is 3. The number of nitrogen functional groups attached to an aromatic ring is 1. The summed E-state index contributed by atoms with van der Waals surface area (Å²) in [6.45, 7) is -1.52. The Bertz CT molecular complexity index is 1230. The van der Waals surface area contributed by atoms with Crippen LogP contribution in [0.25, 0.3) is 16.9 Å². The van der Waals surface area contributed by atoms with Crippen molar-refractivity contribution in [1.29, 1.82) is 0 Å². The van der Waals surface area contributed by atoms with Crippen LogP contribution >= 0.6 is 0 Å². The number of aliphatic hydroxyl groups is 2. The summed E-state index contributed by atoms with van der Waals surface area (Å²) < 4.78 is 105. The molecule has 0 saturated heterocycles. The predicted octanol–water partition coefficient (Wildman–Crippen LogP) is 3.83. The molecule has 1 unspecified atom stereocenters. The molecular weight excluding hydrogens is 430 g/mol. The second-order valence-corrected chi connectivity index (χ2v) is 7.37. The van der Waals surface area contributed by atoms with Gasteiger partial charge in [-0.15, -0.1) is 0 Å². The van der Waals surface area contributed by atoms with Gasteiger partial charge in [0.1, 0.15) is 5.60 Å². The fraction of sp³-hybridized carbons (Fsp3) is 0.368. The highest BCUT2D eigenvalue weighted by Crippen LogP contribution is 2.47. The molecule has 0 amide bonds. The van der Waals surface area contributed by atoms with Crippen LogP contribution in [0.1, 0.15) is 34.8 Å². The summed E-state index contributed by atoms with van der Waals surface area (Å²) in [6.07, 6.45) is -8.98. The van der Waals surface area contributed by atoms with Crippen LogP contribution in [0.4, 0.5) is 32.2 Å². The molecule has 0 aliphatic rings. The number of halogens is 6. The fourth-order valence-corrected chi connectivity index (χ4v) is 3.19. The van der Waals surface area contributed by atoms with E-state index >= 15 is 0 Å². The van der Waals surface area contributed by atoms with E-state index in [0.717, 1.165) is 16.7 Å². The van der Waals surface area contributed by atoms with E-state index < -0.39 is 58.6 Å². The highest BCUT2D eigenvalue weighted by atomic mass is 19.4. The van der Waals surface area contributed by atoms with Crippen LogP contribution < -0.4 is 5.73 Å². The normalized spacial score (nSPS) is 17.2. The number of aromatic nitrogens is 3. The van der Waals surface area contributed by atoms with Gasteiger partial charge in [0.05, 0.1) is 11.9 Å². The average Bonchev–Trinajstić information content (AvgIpc) is 3.08. The van der Waals surface area contributed by atoms with Crippen LogP contribution in [0.3, 0.4) is 0 Å². The fourth-order valence-electron chi connectivity index (χ4n) is 3.19. The Morgan fingerprint density at radius 3 is 2.26 bits per heavy atom. The highest BCUT2D eigenvalue weighted by molar-refractivity contribution is 5.72. The van der Waals surface area contributed by atoms with E-state index in [0.29, 0.717) is 32.2 Å². The van der Waals surface area contributed by atoms with E-state index in [4.69, 9.17) is 9.85 Å². The van der Waals surface area contributed by atoms with Crippen molar-refractivity contribution in [1.82, 2.24) is 14.4 Å². The molecule has 0 spiro atoms. The first-order chi connectivity index (χ1) is 15.2. The lowest BCUT2D eigenvalue weighted by atomic mass is 9.78. The van der Waals surface area contributed by atoms with E-state index in [1.54, 1.807) is 0 Å². The molecule has 1 atom stereocenters. The Morgan fingerprint density at radius 1 is 1.10 bits per heavy atom. The van der Waals surface area contributed by atoms with Gasteiger partial charge in [-0.1, -0.05) is 12.1 Å². The Hall–Kier alpha value is -2.86. The molecule has 0 aliphatic carbocycles. The smallest absolute Gasteiger partial charge is 0.387 e. The largest absolute Gasteiger partial charge is 0.434 e. The third-order valence-electron chi connectivity index (χ3n) is 4.82. The second kappa shape index (κ2) is 6.82. The van der Waals surface area contributed by atoms with Crippen molar-refractivity contribution in [2.24, 2.45) is 0 Å². The predicted molar refractivity (Wildman–Crippen MR) is 98.8 cm³/mol. The van der Waals surface area contributed by atoms with Crippen molar-refractivity contribution < 1.29 is 40.7 Å². The lowest BCUT2D eigenvalue weighted by Gasteiger charge is -2.40. The maximum Gasteiger partial charge on any atom is 0.434 e. The van der Waals surface area contributed by atoms with Crippen molar-refractivity contribution in [2.75, 3.05) is 5.73 Å². The average molecular weight is 451 g/mol. The SMILES string of the molecule is [2H]C([2H])([2H])c1ccc(C(O)(C(C)(C)O)C(F)(F)F)cc1-c1cnc2c(N)nc(C(F)(F)F)cn12. The number of nitrogens with two attached hydrogens (primary N) is 1. The van der Waals surface area contributed by atoms with Gasteiger partial charge in [0.25, 0.3) is 0 Å². The molecule has 2 aromatic heterocycles. The first-order valence-corrected chi connectivity index (χ1v) is 8.57. The van der Waals surface area contributed by atoms with E-state index in [1.807, 2.05) is 0 Å². The number of anilines is 1. The van der Waals surface area contributed by atoms with Crippen molar-refractivity contribution in [3.8, 4) is 11.3 Å². The summed E-state index contributed by atoms with van der Waals surface area (Å²) in [5.41, 5.74) is -5.18. The third-order valence-corrected chi connectivity index (χ3v) is 4.82. The topological polar surface area (TPSA) is 96.7 Å². The zero-order valence-corrected chi connectivity index (χ0v) is 16.0. The minimum absolute atomic E-state index is 0.307. The summed E-state index contributed by atoms with van der Waals surface area (Å²) in [6, 6.07) is 2.09. The number of alkyl halides is 6. The van der Waals surface area contributed by atoms with E-state index in [9.17, 15) is 36.6 Å². The number of fused-ring (bicyclic) bond motifs is 1. The van der Waals surface area contributed by atoms with Gasteiger partial charge in [0.2, 0.25) is 5.60 Å². The van der Waals surface area contributed by atoms with Gasteiger partial charge in [-0.05, 0) is 37.9 Å². The maximum atomic E-state index is 13.9. The molecule has 4 N–H and O–H groups in total. The van der Waals surface area contributed by atoms with E-state index in [-0.39, 0.29) is 11.3 Å². The van der Waals surface area contributed by atoms with Crippen molar-refractivity contribution >= 4 is 11.5 Å². The summed E-state index contributed by atoms with van der Waals surface area (Å²) in [5.74, 6) is -0.657. The third kappa shape index (κ3) is 3.59. The van der Waals surface area contributed by atoms with Gasteiger partial charge in [0, 0.05) is 15.9 Å². The van der Waals surface area contributed by atoms with Crippen LogP contribution in [0.15, 0.2) is 30.6 Å². The van der Waals surface area contributed by atoms with Gasteiger partial charge in [-0.25, -0.2) is 9.97 Å². The molecule has 3 rings (SSSR count). The van der Waals surface area contributed by atoms with E-state index in [1.165, 1.54) is 0 Å². The Labute approximate surface area is 176 Å². The molecule has 3 aromatic rings. The maximum absolute atomic E-state index is 13.9. The molecule has 0 bridgehead atoms. The molecule has 0 radical (unpaired) electrons. The summed E-state index contributed by atoms with van der Waals surface area (Å²) in [7, 11) is 0. The van der Waals surface area contributed by atoms with Crippen LogP contribution in [-0.4, -0.2) is 36.4 Å². The number of nitrogens with zero attached hydrogens (tertiary/aromatic N) is 3. The Balaban J connectivity index is 2.43. The minimum Gasteiger partial charge on any atom is -0.387 e. The first-order valence-electron chi connectivity index (χ1n) is 10.1. The number of rotatable bonds is 3. The quantitative estimate of drug-likeness (QED) is 0.526. The number of imidazole rings is 1. The van der Waals surface area contributed by atoms with Gasteiger partial charge >= 0.3 is 12.4 Å². The molecule has 1 aromatic carbocycles. The molecule has 6 nitrogen and oxygen atoms in total. The number of aryl methyl sites for hydroxylation is 1. The highest BCUT2D eigenvalue weighted by Gasteiger charge is 2.63. The summed E-state index contributed by atoms with van der Waals surface area (Å²) >= 11 is 0. The van der Waals surface area contributed by atoms with Crippen molar-refractivity contribution in [3.63, 3.8) is 0 Å². The van der Waals surface area contributed by atoms with Crippen molar-refractivity contribution in [3.05, 3.63) is 47.4 Å². The minimum atomic E-state index is -5.42. The monoisotopic (exact) mass is 451 g/mol. The lowest BCUT2D eigenvalue weighted by molar-refractivity contribution is -0.319. The zero-order valence-electron chi connectivity index (χ0n) is 19.0. The van der Waals surface area contributed by atoms with Crippen LogP contribution in [0, 0.1) is 6.85 Å². The van der Waals surface area contributed by atoms with Gasteiger partial charge < -0.3 is 15.9 Å². The van der Waals surface area contributed by atoms with Gasteiger partial charge in [-0.3, -0.25) is 4.40 Å². The summed E-state index contributed by atoms with van der Waals surface area (Å²) in [5, 5.41) is 20.7. The molecule has 0 fully saturated rings. The zero-order chi connectivity index (χ0) is 26.1. The van der Waals surface area contributed by atoms with Crippen LogP contribution in [-0.2, 0) is 11.8 Å². The molecular formula is C19H18F6N4O2. The Morgan fingerprint density at radius 2 is 1.74 bits per heavy atom. The standard InChI is InChI=1S/C19H18F6N4O2/c1-9-4-5-10(17(31,16(2,3)30)19(23,24)25)6-11(9)12-7-27-15-14(26)28-13(8-29(12)15)18(20,21)22/h4-8,30-31H,1-3H3,(H2,26,28)/i1D3. The Kier molecular flexibility index (Phi) is 4.15. The molecule has 12 heteroatoms. The van der Waals surface area contributed by atoms with E-state index in [2.05, 4.69) is 9.97 Å². The molecule has 31 heavy (non-hydrogen) atoms. The molecule has 2 heterocycles. The molecule has 0 saturated carbocycles. The van der Waals surface area contributed by atoms with Crippen molar-refractivity contribution in [2.45, 2.75) is 44.3 Å². The number of hydrogen-bond acceptors (Lipinski definition) is 5. The number of benzene rings is 1. The molecule has 168 valence electrons. The van der Waals surface area contributed by atoms with Gasteiger partial charge in [-0.2, -0.15) is 26.3 Å².